The van der Waals surface area contributed by atoms with Crippen molar-refractivity contribution in [2.45, 2.75) is 33.1 Å². The van der Waals surface area contributed by atoms with Gasteiger partial charge in [-0.15, -0.1) is 0 Å². The van der Waals surface area contributed by atoms with Gasteiger partial charge in [-0.3, -0.25) is 4.79 Å². The lowest BCUT2D eigenvalue weighted by atomic mass is 9.81. The minimum absolute atomic E-state index is 0.0200. The smallest absolute Gasteiger partial charge is 0.339 e. The Hall–Kier alpha value is -1.91. The molecule has 1 aliphatic rings. The highest BCUT2D eigenvalue weighted by atomic mass is 16.4. The van der Waals surface area contributed by atoms with Crippen molar-refractivity contribution < 1.29 is 14.7 Å². The number of anilines is 1. The van der Waals surface area contributed by atoms with E-state index in [0.29, 0.717) is 0 Å². The fraction of sp³-hybridized carbons (Fsp3) is 0.500. The minimum Gasteiger partial charge on any atom is -0.478 e. The van der Waals surface area contributed by atoms with Crippen molar-refractivity contribution in [1.82, 2.24) is 4.98 Å². The van der Waals surface area contributed by atoms with Gasteiger partial charge in [0.1, 0.15) is 11.4 Å². The van der Waals surface area contributed by atoms with Crippen LogP contribution in [0.25, 0.3) is 0 Å². The molecule has 5 nitrogen and oxygen atoms in total. The van der Waals surface area contributed by atoms with Gasteiger partial charge in [0.25, 0.3) is 0 Å². The predicted molar refractivity (Wildman–Crippen MR) is 70.9 cm³/mol. The maximum absolute atomic E-state index is 12.3. The molecular formula is C14H18N2O3. The van der Waals surface area contributed by atoms with Crippen molar-refractivity contribution in [3.05, 3.63) is 23.9 Å². The molecule has 0 aliphatic heterocycles. The summed E-state index contributed by atoms with van der Waals surface area (Å²) in [7, 11) is 0. The molecule has 1 unspecified atom stereocenters. The number of pyridine rings is 1. The van der Waals surface area contributed by atoms with E-state index in [1.54, 1.807) is 6.07 Å². The Kier molecular flexibility index (Phi) is 3.55. The van der Waals surface area contributed by atoms with E-state index in [1.165, 1.54) is 12.3 Å². The van der Waals surface area contributed by atoms with Crippen molar-refractivity contribution in [2.75, 3.05) is 5.32 Å². The van der Waals surface area contributed by atoms with Gasteiger partial charge in [-0.1, -0.05) is 20.3 Å². The van der Waals surface area contributed by atoms with Crippen molar-refractivity contribution in [1.29, 1.82) is 0 Å². The highest BCUT2D eigenvalue weighted by Crippen LogP contribution is 2.43. The molecule has 1 atom stereocenters. The summed E-state index contributed by atoms with van der Waals surface area (Å²) in [6, 6.07) is 2.98. The number of carboxylic acid groups (broad SMARTS) is 1. The third-order valence-corrected chi connectivity index (χ3v) is 3.85. The number of carboxylic acids is 1. The summed E-state index contributed by atoms with van der Waals surface area (Å²) in [6.07, 6.45) is 4.36. The fourth-order valence-corrected chi connectivity index (χ4v) is 2.69. The SMILES string of the molecule is CC1(C)CCCC1C(=O)Nc1ncccc1C(=O)O. The number of carbonyl (C=O) groups is 2. The zero-order chi connectivity index (χ0) is 14.0. The number of hydrogen-bond acceptors (Lipinski definition) is 3. The van der Waals surface area contributed by atoms with Crippen LogP contribution in [0.15, 0.2) is 18.3 Å². The van der Waals surface area contributed by atoms with Crippen LogP contribution in [0.3, 0.4) is 0 Å². The Bertz CT molecular complexity index is 511. The number of nitrogens with one attached hydrogen (secondary N) is 1. The molecule has 1 fully saturated rings. The average Bonchev–Trinajstić information content (AvgIpc) is 2.69. The molecule has 0 radical (unpaired) electrons. The Labute approximate surface area is 112 Å². The topological polar surface area (TPSA) is 79.3 Å². The molecule has 5 heteroatoms. The minimum atomic E-state index is -1.09. The molecule has 102 valence electrons. The molecule has 1 aromatic rings. The van der Waals surface area contributed by atoms with Crippen molar-refractivity contribution in [3.8, 4) is 0 Å². The van der Waals surface area contributed by atoms with E-state index in [1.807, 2.05) is 0 Å². The summed E-state index contributed by atoms with van der Waals surface area (Å²) in [5.41, 5.74) is -0.0194. The van der Waals surface area contributed by atoms with Crippen molar-refractivity contribution in [3.63, 3.8) is 0 Å². The first-order valence-electron chi connectivity index (χ1n) is 6.41. The largest absolute Gasteiger partial charge is 0.478 e. The van der Waals surface area contributed by atoms with Crippen LogP contribution >= 0.6 is 0 Å². The summed E-state index contributed by atoms with van der Waals surface area (Å²) >= 11 is 0. The summed E-state index contributed by atoms with van der Waals surface area (Å²) in [6.45, 7) is 4.14. The number of carbonyl (C=O) groups excluding carboxylic acids is 1. The normalized spacial score (nSPS) is 21.1. The standard InChI is InChI=1S/C14H18N2O3/c1-14(2)7-3-6-10(14)12(17)16-11-9(13(18)19)5-4-8-15-11/h4-5,8,10H,3,6-7H2,1-2H3,(H,18,19)(H,15,16,17). The Morgan fingerprint density at radius 1 is 1.47 bits per heavy atom. The van der Waals surface area contributed by atoms with Gasteiger partial charge in [0.15, 0.2) is 0 Å². The van der Waals surface area contributed by atoms with Crippen LogP contribution in [0.2, 0.25) is 0 Å². The van der Waals surface area contributed by atoms with E-state index >= 15 is 0 Å². The Morgan fingerprint density at radius 2 is 2.21 bits per heavy atom. The lowest BCUT2D eigenvalue weighted by molar-refractivity contribution is -0.122. The van der Waals surface area contributed by atoms with Crippen LogP contribution in [-0.2, 0) is 4.79 Å². The number of amides is 1. The zero-order valence-electron chi connectivity index (χ0n) is 11.1. The monoisotopic (exact) mass is 262 g/mol. The summed E-state index contributed by atoms with van der Waals surface area (Å²) in [5.74, 6) is -1.18. The van der Waals surface area contributed by atoms with Crippen LogP contribution in [-0.4, -0.2) is 22.0 Å². The van der Waals surface area contributed by atoms with Crippen molar-refractivity contribution >= 4 is 17.7 Å². The summed E-state index contributed by atoms with van der Waals surface area (Å²) < 4.78 is 0. The molecule has 1 aliphatic carbocycles. The third kappa shape index (κ3) is 2.75. The molecule has 0 bridgehead atoms. The van der Waals surface area contributed by atoms with Gasteiger partial charge in [-0.2, -0.15) is 0 Å². The van der Waals surface area contributed by atoms with Crippen LogP contribution in [0.5, 0.6) is 0 Å². The summed E-state index contributed by atoms with van der Waals surface area (Å²) in [5, 5.41) is 11.7. The molecule has 0 aromatic carbocycles. The highest BCUT2D eigenvalue weighted by molar-refractivity contribution is 6.00. The number of nitrogens with zero attached hydrogens (tertiary/aromatic N) is 1. The van der Waals surface area contributed by atoms with Crippen molar-refractivity contribution in [2.24, 2.45) is 11.3 Å². The van der Waals surface area contributed by atoms with Crippen LogP contribution in [0, 0.1) is 11.3 Å². The van der Waals surface area contributed by atoms with Gasteiger partial charge in [0.05, 0.1) is 0 Å². The van der Waals surface area contributed by atoms with Crippen LogP contribution < -0.4 is 5.32 Å². The van der Waals surface area contributed by atoms with Gasteiger partial charge in [0, 0.05) is 12.1 Å². The van der Waals surface area contributed by atoms with Gasteiger partial charge < -0.3 is 10.4 Å². The summed E-state index contributed by atoms with van der Waals surface area (Å²) in [4.78, 5) is 27.3. The molecule has 1 amide bonds. The van der Waals surface area contributed by atoms with E-state index in [-0.39, 0.29) is 28.6 Å². The number of aromatic carboxylic acids is 1. The van der Waals surface area contributed by atoms with Gasteiger partial charge in [-0.25, -0.2) is 9.78 Å². The van der Waals surface area contributed by atoms with Crippen LogP contribution in [0.4, 0.5) is 5.82 Å². The third-order valence-electron chi connectivity index (χ3n) is 3.85. The van der Waals surface area contributed by atoms with E-state index in [2.05, 4.69) is 24.1 Å². The molecule has 2 N–H and O–H groups in total. The first-order chi connectivity index (χ1) is 8.92. The molecular weight excluding hydrogens is 244 g/mol. The Morgan fingerprint density at radius 3 is 2.79 bits per heavy atom. The predicted octanol–water partition coefficient (Wildman–Crippen LogP) is 2.54. The molecule has 19 heavy (non-hydrogen) atoms. The number of rotatable bonds is 3. The molecule has 1 saturated carbocycles. The second-order valence-corrected chi connectivity index (χ2v) is 5.63. The maximum atomic E-state index is 12.3. The Balaban J connectivity index is 2.18. The molecule has 1 aromatic heterocycles. The van der Waals surface area contributed by atoms with Gasteiger partial charge >= 0.3 is 5.97 Å². The second-order valence-electron chi connectivity index (χ2n) is 5.63. The lowest BCUT2D eigenvalue weighted by Gasteiger charge is -2.25. The quantitative estimate of drug-likeness (QED) is 0.877. The highest BCUT2D eigenvalue weighted by Gasteiger charge is 2.39. The van der Waals surface area contributed by atoms with Gasteiger partial charge in [-0.05, 0) is 30.4 Å². The second kappa shape index (κ2) is 4.99. The van der Waals surface area contributed by atoms with Gasteiger partial charge in [0.2, 0.25) is 5.91 Å². The van der Waals surface area contributed by atoms with E-state index in [0.717, 1.165) is 19.3 Å². The molecule has 1 heterocycles. The number of aromatic nitrogens is 1. The van der Waals surface area contributed by atoms with Crippen LogP contribution in [0.1, 0.15) is 43.5 Å². The average molecular weight is 262 g/mol. The van der Waals surface area contributed by atoms with E-state index in [4.69, 9.17) is 5.11 Å². The molecule has 2 rings (SSSR count). The zero-order valence-corrected chi connectivity index (χ0v) is 11.1. The first kappa shape index (κ1) is 13.5. The first-order valence-corrected chi connectivity index (χ1v) is 6.41. The lowest BCUT2D eigenvalue weighted by Crippen LogP contribution is -2.31. The molecule has 0 spiro atoms. The van der Waals surface area contributed by atoms with E-state index < -0.39 is 5.97 Å². The molecule has 0 saturated heterocycles. The maximum Gasteiger partial charge on any atom is 0.339 e. The fourth-order valence-electron chi connectivity index (χ4n) is 2.69. The van der Waals surface area contributed by atoms with E-state index in [9.17, 15) is 9.59 Å². The number of hydrogen-bond donors (Lipinski definition) is 2.